The smallest absolute Gasteiger partial charge is 0.264 e. The summed E-state index contributed by atoms with van der Waals surface area (Å²) in [7, 11) is 0.655. The van der Waals surface area contributed by atoms with Gasteiger partial charge < -0.3 is 9.32 Å². The molecule has 1 aliphatic heterocycles. The second kappa shape index (κ2) is 7.30. The number of hydrogen-bond donors (Lipinski definition) is 1. The first-order chi connectivity index (χ1) is 11.5. The zero-order valence-corrected chi connectivity index (χ0v) is 15.9. The highest BCUT2D eigenvalue weighted by Crippen LogP contribution is 2.26. The Morgan fingerprint density at radius 3 is 3.00 bits per heavy atom. The van der Waals surface area contributed by atoms with Crippen LogP contribution in [0.4, 0.5) is 0 Å². The summed E-state index contributed by atoms with van der Waals surface area (Å²) in [6.45, 7) is 1.42. The van der Waals surface area contributed by atoms with Crippen molar-refractivity contribution in [3.63, 3.8) is 0 Å². The predicted molar refractivity (Wildman–Crippen MR) is 98.3 cm³/mol. The highest BCUT2D eigenvalue weighted by atomic mass is 32.2. The molecule has 0 unspecified atom stereocenters. The lowest BCUT2D eigenvalue weighted by atomic mass is 10.2. The minimum atomic E-state index is -3.40. The van der Waals surface area contributed by atoms with Crippen LogP contribution in [0, 0.1) is 0 Å². The van der Waals surface area contributed by atoms with Gasteiger partial charge in [-0.3, -0.25) is 9.71 Å². The molecule has 0 amide bonds. The van der Waals surface area contributed by atoms with Crippen molar-refractivity contribution in [1.82, 2.24) is 9.62 Å². The number of fused-ring (bicyclic) bond motifs is 1. The van der Waals surface area contributed by atoms with E-state index in [0.717, 1.165) is 23.8 Å². The van der Waals surface area contributed by atoms with Crippen molar-refractivity contribution < 1.29 is 12.8 Å². The van der Waals surface area contributed by atoms with E-state index < -0.39 is 10.0 Å². The van der Waals surface area contributed by atoms with Crippen molar-refractivity contribution in [3.05, 3.63) is 40.0 Å². The lowest BCUT2D eigenvalue weighted by Gasteiger charge is -2.09. The average Bonchev–Trinajstić information content (AvgIpc) is 3.18. The molecule has 2 aromatic rings. The molecule has 9 heteroatoms. The first-order valence-electron chi connectivity index (χ1n) is 7.39. The minimum absolute atomic E-state index is 0.336. The van der Waals surface area contributed by atoms with E-state index in [9.17, 15) is 8.42 Å². The van der Waals surface area contributed by atoms with E-state index in [1.54, 1.807) is 23.4 Å². The van der Waals surface area contributed by atoms with E-state index in [1.165, 1.54) is 16.9 Å². The Morgan fingerprint density at radius 1 is 1.38 bits per heavy atom. The number of furan rings is 1. The van der Waals surface area contributed by atoms with Gasteiger partial charge in [0.2, 0.25) is 0 Å². The maximum Gasteiger partial charge on any atom is 0.264 e. The van der Waals surface area contributed by atoms with Crippen molar-refractivity contribution in [2.45, 2.75) is 17.2 Å². The third-order valence-electron chi connectivity index (χ3n) is 3.47. The largest absolute Gasteiger partial charge is 0.468 e. The fourth-order valence-corrected chi connectivity index (χ4v) is 5.61. The second-order valence-electron chi connectivity index (χ2n) is 5.64. The van der Waals surface area contributed by atoms with E-state index >= 15 is 0 Å². The van der Waals surface area contributed by atoms with Gasteiger partial charge >= 0.3 is 0 Å². The van der Waals surface area contributed by atoms with Gasteiger partial charge in [-0.1, -0.05) is 0 Å². The normalized spacial score (nSPS) is 17.4. The maximum absolute atomic E-state index is 11.9. The maximum atomic E-state index is 11.9. The molecule has 0 spiro atoms. The van der Waals surface area contributed by atoms with Crippen molar-refractivity contribution in [1.29, 1.82) is 0 Å². The zero-order valence-electron chi connectivity index (χ0n) is 13.5. The first kappa shape index (κ1) is 17.5. The number of nitrogens with zero attached hydrogens (tertiary/aromatic N) is 2. The number of nitrogens with one attached hydrogen (secondary N) is 1. The van der Waals surface area contributed by atoms with Gasteiger partial charge in [0.25, 0.3) is 10.0 Å². The van der Waals surface area contributed by atoms with Gasteiger partial charge in [-0.05, 0) is 20.2 Å². The van der Waals surface area contributed by atoms with Crippen molar-refractivity contribution >= 4 is 39.0 Å². The lowest BCUT2D eigenvalue weighted by Crippen LogP contribution is -2.22. The number of thioether (sulfide) groups is 1. The summed E-state index contributed by atoms with van der Waals surface area (Å²) in [5.41, 5.74) is 1.88. The molecule has 0 bridgehead atoms. The van der Waals surface area contributed by atoms with Gasteiger partial charge in [0.15, 0.2) is 0 Å². The standard InChI is InChI=1S/C15H19N3O3S3/c1-18(2)7-11-3-5-21-13(11)9-22-6-4-16-15-12-8-23-10-14(12)24(19,20)17-15/h3,5,8,10H,4,6-7,9H2,1-2H3,(H,16,17). The summed E-state index contributed by atoms with van der Waals surface area (Å²) in [6, 6.07) is 2.00. The van der Waals surface area contributed by atoms with Crippen LogP contribution in [0.25, 0.3) is 0 Å². The summed E-state index contributed by atoms with van der Waals surface area (Å²) in [5.74, 6) is 3.03. The fraction of sp³-hybridized carbons (Fsp3) is 0.400. The molecule has 1 aliphatic rings. The van der Waals surface area contributed by atoms with Gasteiger partial charge in [-0.2, -0.15) is 23.1 Å². The van der Waals surface area contributed by atoms with Crippen molar-refractivity contribution in [3.8, 4) is 0 Å². The highest BCUT2D eigenvalue weighted by Gasteiger charge is 2.31. The number of sulfonamides is 1. The minimum Gasteiger partial charge on any atom is -0.468 e. The van der Waals surface area contributed by atoms with Crippen molar-refractivity contribution in [2.24, 2.45) is 4.99 Å². The third-order valence-corrected chi connectivity index (χ3v) is 6.67. The van der Waals surface area contributed by atoms with Crippen LogP contribution in [0.15, 0.2) is 37.4 Å². The van der Waals surface area contributed by atoms with Crippen LogP contribution in [0.1, 0.15) is 16.9 Å². The quantitative estimate of drug-likeness (QED) is 0.741. The van der Waals surface area contributed by atoms with Crippen LogP contribution in [0.2, 0.25) is 0 Å². The second-order valence-corrected chi connectivity index (χ2v) is 9.14. The molecule has 2 aromatic heterocycles. The molecule has 3 rings (SSSR count). The van der Waals surface area contributed by atoms with Gasteiger partial charge in [-0.15, -0.1) is 0 Å². The van der Waals surface area contributed by atoms with Gasteiger partial charge in [-0.25, -0.2) is 8.42 Å². The fourth-order valence-electron chi connectivity index (χ4n) is 2.38. The molecule has 0 saturated heterocycles. The van der Waals surface area contributed by atoms with E-state index in [1.807, 2.05) is 25.5 Å². The molecule has 0 saturated carbocycles. The number of amidine groups is 1. The SMILES string of the molecule is CN(C)Cc1ccoc1CSCCN=C1NS(=O)(=O)c2cscc21. The van der Waals surface area contributed by atoms with Crippen LogP contribution in [0.5, 0.6) is 0 Å². The van der Waals surface area contributed by atoms with Crippen LogP contribution < -0.4 is 4.72 Å². The Kier molecular flexibility index (Phi) is 5.33. The molecule has 0 aliphatic carbocycles. The third kappa shape index (κ3) is 3.85. The summed E-state index contributed by atoms with van der Waals surface area (Å²) in [6.07, 6.45) is 1.72. The molecule has 0 radical (unpaired) electrons. The Morgan fingerprint density at radius 2 is 2.21 bits per heavy atom. The van der Waals surface area contributed by atoms with Crippen LogP contribution in [-0.4, -0.2) is 45.5 Å². The first-order valence-corrected chi connectivity index (χ1v) is 11.0. The number of hydrogen-bond acceptors (Lipinski definition) is 7. The van der Waals surface area contributed by atoms with Crippen LogP contribution in [0.3, 0.4) is 0 Å². The molecule has 0 fully saturated rings. The van der Waals surface area contributed by atoms with Gasteiger partial charge in [0, 0.05) is 34.2 Å². The summed E-state index contributed by atoms with van der Waals surface area (Å²) in [4.78, 5) is 6.84. The molecule has 0 atom stereocenters. The lowest BCUT2D eigenvalue weighted by molar-refractivity contribution is 0.396. The Labute approximate surface area is 150 Å². The van der Waals surface area contributed by atoms with E-state index in [-0.39, 0.29) is 0 Å². The Hall–Kier alpha value is -1.29. The molecular weight excluding hydrogens is 366 g/mol. The number of aliphatic imine (C=N–C) groups is 1. The van der Waals surface area contributed by atoms with E-state index in [0.29, 0.717) is 22.8 Å². The number of thiophene rings is 1. The average molecular weight is 386 g/mol. The predicted octanol–water partition coefficient (Wildman–Crippen LogP) is 2.37. The molecule has 3 heterocycles. The molecule has 1 N–H and O–H groups in total. The van der Waals surface area contributed by atoms with Crippen molar-refractivity contribution in [2.75, 3.05) is 26.4 Å². The number of rotatable bonds is 7. The van der Waals surface area contributed by atoms with E-state index in [2.05, 4.69) is 14.6 Å². The van der Waals surface area contributed by atoms with Gasteiger partial charge in [0.1, 0.15) is 16.5 Å². The summed E-state index contributed by atoms with van der Waals surface area (Å²) >= 11 is 3.10. The molecule has 6 nitrogen and oxygen atoms in total. The molecule has 24 heavy (non-hydrogen) atoms. The molecule has 130 valence electrons. The van der Waals surface area contributed by atoms with Crippen LogP contribution >= 0.6 is 23.1 Å². The highest BCUT2D eigenvalue weighted by molar-refractivity contribution is 7.98. The van der Waals surface area contributed by atoms with E-state index in [4.69, 9.17) is 4.42 Å². The zero-order chi connectivity index (χ0) is 17.2. The van der Waals surface area contributed by atoms with Crippen LogP contribution in [-0.2, 0) is 22.3 Å². The summed E-state index contributed by atoms with van der Waals surface area (Å²) in [5, 5.41) is 3.45. The molecule has 0 aromatic carbocycles. The Bertz CT molecular complexity index is 837. The molecular formula is C15H19N3O3S3. The topological polar surface area (TPSA) is 74.9 Å². The van der Waals surface area contributed by atoms with Gasteiger partial charge in [0.05, 0.1) is 18.6 Å². The monoisotopic (exact) mass is 385 g/mol. The summed E-state index contributed by atoms with van der Waals surface area (Å²) < 4.78 is 31.8. The Balaban J connectivity index is 1.51.